The predicted octanol–water partition coefficient (Wildman–Crippen LogP) is 2.73. The minimum absolute atomic E-state index is 0.523. The molecule has 0 aromatic heterocycles. The van der Waals surface area contributed by atoms with Gasteiger partial charge < -0.3 is 4.84 Å². The Kier molecular flexibility index (Phi) is 5.12. The molecule has 86 valence electrons. The molecule has 1 aromatic rings. The van der Waals surface area contributed by atoms with Crippen molar-refractivity contribution in [3.8, 4) is 5.75 Å². The summed E-state index contributed by atoms with van der Waals surface area (Å²) in [6.07, 6.45) is 2.80. The lowest BCUT2D eigenvalue weighted by molar-refractivity contribution is 0.146. The fraction of sp³-hybridized carbons (Fsp3) is 0.111. The van der Waals surface area contributed by atoms with Crippen molar-refractivity contribution < 1.29 is 4.84 Å². The van der Waals surface area contributed by atoms with E-state index in [4.69, 9.17) is 4.84 Å². The van der Waals surface area contributed by atoms with Crippen LogP contribution in [0, 0.1) is 0 Å². The molecule has 7 heteroatoms. The summed E-state index contributed by atoms with van der Waals surface area (Å²) in [5.41, 5.74) is 1.25. The molecule has 4 nitrogen and oxygen atoms in total. The Morgan fingerprint density at radius 1 is 1.25 bits per heavy atom. The van der Waals surface area contributed by atoms with Gasteiger partial charge in [0.1, 0.15) is 5.75 Å². The molecule has 0 radical (unpaired) electrons. The third-order valence-corrected chi connectivity index (χ3v) is 5.09. The zero-order chi connectivity index (χ0) is 11.2. The lowest BCUT2D eigenvalue weighted by Gasteiger charge is -2.26. The van der Waals surface area contributed by atoms with E-state index < -0.39 is 0 Å². The molecule has 1 fully saturated rings. The molecule has 1 aliphatic heterocycles. The maximum absolute atomic E-state index is 5.70. The summed E-state index contributed by atoms with van der Waals surface area (Å²) in [6, 6.07) is 8.11. The van der Waals surface area contributed by atoms with Gasteiger partial charge in [0.15, 0.2) is 0 Å². The summed E-state index contributed by atoms with van der Waals surface area (Å²) < 4.78 is 1.90. The molecule has 0 aliphatic carbocycles. The summed E-state index contributed by atoms with van der Waals surface area (Å²) in [4.78, 5) is 12.2. The Hall–Kier alpha value is -0.0700. The van der Waals surface area contributed by atoms with Gasteiger partial charge in [-0.2, -0.15) is 0 Å². The van der Waals surface area contributed by atoms with Crippen LogP contribution in [0.25, 0.3) is 0 Å². The quantitative estimate of drug-likeness (QED) is 0.653. The van der Waals surface area contributed by atoms with Gasteiger partial charge in [-0.3, -0.25) is 9.72 Å². The molecule has 1 aromatic carbocycles. The Bertz CT molecular complexity index is 340. The summed E-state index contributed by atoms with van der Waals surface area (Å²) in [5, 5.41) is 0. The Labute approximate surface area is 101 Å². The second kappa shape index (κ2) is 6.61. The van der Waals surface area contributed by atoms with Crippen LogP contribution in [0.3, 0.4) is 0 Å². The smallest absolute Gasteiger partial charge is 0.148 e. The topological polar surface area (TPSA) is 36.5 Å². The highest BCUT2D eigenvalue weighted by Gasteiger charge is 2.10. The van der Waals surface area contributed by atoms with Crippen LogP contribution in [0.5, 0.6) is 5.75 Å². The fourth-order valence-corrected chi connectivity index (χ4v) is 4.82. The third-order valence-electron chi connectivity index (χ3n) is 1.94. The van der Waals surface area contributed by atoms with E-state index in [9.17, 15) is 0 Å². The van der Waals surface area contributed by atoms with E-state index in [0.717, 1.165) is 12.2 Å². The molecular formula is C9H14N3OP3. The van der Waals surface area contributed by atoms with Crippen LogP contribution in [0.15, 0.2) is 36.9 Å². The van der Waals surface area contributed by atoms with Crippen LogP contribution >= 0.6 is 26.6 Å². The minimum Gasteiger partial charge on any atom is -0.397 e. The average molecular weight is 273 g/mol. The van der Waals surface area contributed by atoms with Gasteiger partial charge in [0.25, 0.3) is 0 Å². The van der Waals surface area contributed by atoms with Crippen molar-refractivity contribution in [1.29, 1.82) is 0 Å². The number of hydrogen-bond donors (Lipinski definition) is 2. The van der Waals surface area contributed by atoms with E-state index in [1.165, 1.54) is 5.56 Å². The SMILES string of the molecule is C=CCc1ccc(ON2PNPNP2)cc1. The molecule has 0 spiro atoms. The second-order valence-corrected chi connectivity index (χ2v) is 7.08. The molecule has 1 heterocycles. The highest BCUT2D eigenvalue weighted by Crippen LogP contribution is 2.37. The molecule has 0 amide bonds. The second-order valence-electron chi connectivity index (χ2n) is 3.12. The van der Waals surface area contributed by atoms with Crippen LogP contribution < -0.4 is 14.6 Å². The molecule has 2 unspecified atom stereocenters. The first-order valence-corrected chi connectivity index (χ1v) is 7.72. The minimum atomic E-state index is 0.523. The van der Waals surface area contributed by atoms with E-state index >= 15 is 0 Å². The number of nitrogens with zero attached hydrogens (tertiary/aromatic N) is 1. The van der Waals surface area contributed by atoms with Crippen LogP contribution in [0.4, 0.5) is 0 Å². The standard InChI is InChI=1S/C9H14N3OP3/c1-2-3-8-4-6-9(7-5-8)13-12-15-10-14-11-16-12/h2,4-7,10-11,14-16H,1,3H2. The molecule has 16 heavy (non-hydrogen) atoms. The monoisotopic (exact) mass is 273 g/mol. The zero-order valence-corrected chi connectivity index (χ0v) is 11.7. The van der Waals surface area contributed by atoms with E-state index in [0.29, 0.717) is 26.6 Å². The van der Waals surface area contributed by atoms with Crippen LogP contribution in [-0.2, 0) is 6.42 Å². The molecule has 0 saturated carbocycles. The Morgan fingerprint density at radius 3 is 2.56 bits per heavy atom. The van der Waals surface area contributed by atoms with Gasteiger partial charge in [-0.15, -0.1) is 6.58 Å². The van der Waals surface area contributed by atoms with Gasteiger partial charge in [0.05, 0.1) is 17.8 Å². The number of rotatable bonds is 4. The van der Waals surface area contributed by atoms with Crippen molar-refractivity contribution in [2.75, 3.05) is 0 Å². The van der Waals surface area contributed by atoms with E-state index in [1.807, 2.05) is 22.8 Å². The third kappa shape index (κ3) is 3.75. The van der Waals surface area contributed by atoms with Crippen molar-refractivity contribution in [2.24, 2.45) is 0 Å². The number of allylic oxidation sites excluding steroid dienone is 1. The molecule has 0 bridgehead atoms. The van der Waals surface area contributed by atoms with Crippen molar-refractivity contribution in [1.82, 2.24) is 14.3 Å². The van der Waals surface area contributed by atoms with Gasteiger partial charge in [-0.1, -0.05) is 22.8 Å². The average Bonchev–Trinajstić information content (AvgIpc) is 2.33. The molecule has 1 saturated heterocycles. The van der Waals surface area contributed by atoms with E-state index in [2.05, 4.69) is 28.4 Å². The van der Waals surface area contributed by atoms with E-state index in [1.54, 1.807) is 0 Å². The van der Waals surface area contributed by atoms with Gasteiger partial charge in [-0.25, -0.2) is 0 Å². The zero-order valence-electron chi connectivity index (χ0n) is 8.66. The fourth-order valence-electron chi connectivity index (χ4n) is 1.22. The Morgan fingerprint density at radius 2 is 1.94 bits per heavy atom. The maximum Gasteiger partial charge on any atom is 0.148 e. The van der Waals surface area contributed by atoms with Crippen LogP contribution in [0.2, 0.25) is 0 Å². The van der Waals surface area contributed by atoms with Crippen LogP contribution in [-0.4, -0.2) is 4.60 Å². The van der Waals surface area contributed by atoms with Gasteiger partial charge in [0.2, 0.25) is 0 Å². The molecule has 2 rings (SSSR count). The highest BCUT2D eigenvalue weighted by molar-refractivity contribution is 7.65. The molecule has 1 aliphatic rings. The normalized spacial score (nSPS) is 21.5. The molecular weight excluding hydrogens is 259 g/mol. The first-order valence-electron chi connectivity index (χ1n) is 4.83. The summed E-state index contributed by atoms with van der Waals surface area (Å²) in [6.45, 7) is 3.72. The highest BCUT2D eigenvalue weighted by atomic mass is 31.2. The van der Waals surface area contributed by atoms with Crippen LogP contribution in [0.1, 0.15) is 5.56 Å². The largest absolute Gasteiger partial charge is 0.397 e. The van der Waals surface area contributed by atoms with Gasteiger partial charge in [0, 0.05) is 8.88 Å². The van der Waals surface area contributed by atoms with Gasteiger partial charge >= 0.3 is 0 Å². The molecule has 2 N–H and O–H groups in total. The predicted molar refractivity (Wildman–Crippen MR) is 74.0 cm³/mol. The van der Waals surface area contributed by atoms with Crippen molar-refractivity contribution in [3.63, 3.8) is 0 Å². The van der Waals surface area contributed by atoms with Crippen molar-refractivity contribution in [2.45, 2.75) is 6.42 Å². The van der Waals surface area contributed by atoms with Crippen molar-refractivity contribution >= 4 is 26.6 Å². The summed E-state index contributed by atoms with van der Waals surface area (Å²) in [5.74, 6) is 0.877. The Balaban J connectivity index is 1.90. The summed E-state index contributed by atoms with van der Waals surface area (Å²) >= 11 is 0. The number of hydrogen-bond acceptors (Lipinski definition) is 4. The maximum atomic E-state index is 5.70. The lowest BCUT2D eigenvalue weighted by atomic mass is 10.1. The van der Waals surface area contributed by atoms with Gasteiger partial charge in [-0.05, 0) is 24.1 Å². The number of benzene rings is 1. The molecule has 2 atom stereocenters. The lowest BCUT2D eigenvalue weighted by Crippen LogP contribution is -2.19. The first kappa shape index (κ1) is 12.4. The van der Waals surface area contributed by atoms with Crippen molar-refractivity contribution in [3.05, 3.63) is 42.5 Å². The summed E-state index contributed by atoms with van der Waals surface area (Å²) in [7, 11) is 1.68. The first-order chi connectivity index (χ1) is 7.88. The van der Waals surface area contributed by atoms with E-state index in [-0.39, 0.29) is 0 Å². The number of nitrogens with one attached hydrogen (secondary N) is 2.